The van der Waals surface area contributed by atoms with Crippen LogP contribution in [0.15, 0.2) is 41.4 Å². The van der Waals surface area contributed by atoms with Crippen molar-refractivity contribution >= 4 is 11.6 Å². The number of hydrogen-bond acceptors (Lipinski definition) is 1. The molecule has 0 amide bonds. The van der Waals surface area contributed by atoms with Crippen molar-refractivity contribution in [2.24, 2.45) is 10.7 Å². The molecule has 0 heterocycles. The molecule has 3 nitrogen and oxygen atoms in total. The number of rotatable bonds is 4. The molecule has 0 bridgehead atoms. The monoisotopic (exact) mass is 329 g/mol. The van der Waals surface area contributed by atoms with E-state index in [0.717, 1.165) is 16.8 Å². The predicted octanol–water partition coefficient (Wildman–Crippen LogP) is 4.04. The number of guanidine groups is 1. The van der Waals surface area contributed by atoms with Crippen molar-refractivity contribution in [1.82, 2.24) is 0 Å². The van der Waals surface area contributed by atoms with Crippen molar-refractivity contribution in [3.8, 4) is 0 Å². The second-order valence-corrected chi connectivity index (χ2v) is 6.58. The zero-order valence-electron chi connectivity index (χ0n) is 13.9. The lowest BCUT2D eigenvalue weighted by Gasteiger charge is -2.16. The zero-order valence-corrected chi connectivity index (χ0v) is 13.9. The molecule has 0 aromatic heterocycles. The molecule has 24 heavy (non-hydrogen) atoms. The molecule has 0 atom stereocenters. The van der Waals surface area contributed by atoms with E-state index in [9.17, 15) is 8.78 Å². The number of nitrogens with two attached hydrogens (primary N) is 1. The Morgan fingerprint density at radius 3 is 2.25 bits per heavy atom. The Labute approximate surface area is 140 Å². The number of aryl methyl sites for hydroxylation is 2. The van der Waals surface area contributed by atoms with Gasteiger partial charge in [0.1, 0.15) is 11.6 Å². The third-order valence-corrected chi connectivity index (χ3v) is 4.39. The number of nitrogens with zero attached hydrogens (tertiary/aromatic N) is 1. The summed E-state index contributed by atoms with van der Waals surface area (Å²) >= 11 is 0. The van der Waals surface area contributed by atoms with Crippen LogP contribution in [0.2, 0.25) is 0 Å². The van der Waals surface area contributed by atoms with E-state index in [2.05, 4.69) is 16.4 Å². The molecule has 3 N–H and O–H groups in total. The number of anilines is 1. The fourth-order valence-electron chi connectivity index (χ4n) is 3.11. The van der Waals surface area contributed by atoms with Crippen LogP contribution < -0.4 is 11.1 Å². The highest BCUT2D eigenvalue weighted by atomic mass is 19.1. The van der Waals surface area contributed by atoms with E-state index in [1.54, 1.807) is 0 Å². The van der Waals surface area contributed by atoms with Gasteiger partial charge in [0.15, 0.2) is 5.96 Å². The maximum atomic E-state index is 14.0. The molecular formula is C19H21F2N3. The Balaban J connectivity index is 1.75. The Hall–Kier alpha value is -2.43. The van der Waals surface area contributed by atoms with Crippen LogP contribution in [-0.2, 0) is 5.41 Å². The van der Waals surface area contributed by atoms with E-state index in [-0.39, 0.29) is 18.1 Å². The first-order chi connectivity index (χ1) is 11.4. The Morgan fingerprint density at radius 2 is 1.71 bits per heavy atom. The molecule has 0 radical (unpaired) electrons. The molecule has 1 fully saturated rings. The molecule has 0 spiro atoms. The normalized spacial score (nSPS) is 16.1. The quantitative estimate of drug-likeness (QED) is 0.657. The molecule has 2 aromatic carbocycles. The van der Waals surface area contributed by atoms with Crippen LogP contribution in [0.1, 0.15) is 29.5 Å². The highest BCUT2D eigenvalue weighted by Crippen LogP contribution is 2.50. The lowest BCUT2D eigenvalue weighted by atomic mass is 9.95. The average Bonchev–Trinajstić information content (AvgIpc) is 3.25. The summed E-state index contributed by atoms with van der Waals surface area (Å²) in [6.45, 7) is 4.28. The molecule has 3 rings (SSSR count). The van der Waals surface area contributed by atoms with Crippen molar-refractivity contribution in [2.75, 3.05) is 11.9 Å². The molecule has 0 unspecified atom stereocenters. The fourth-order valence-corrected chi connectivity index (χ4v) is 3.11. The average molecular weight is 329 g/mol. The number of benzene rings is 2. The lowest BCUT2D eigenvalue weighted by molar-refractivity contribution is 0.517. The molecule has 126 valence electrons. The fraction of sp³-hybridized carbons (Fsp3) is 0.316. The van der Waals surface area contributed by atoms with Gasteiger partial charge >= 0.3 is 0 Å². The van der Waals surface area contributed by atoms with E-state index < -0.39 is 17.0 Å². The molecule has 2 aromatic rings. The van der Waals surface area contributed by atoms with Gasteiger partial charge < -0.3 is 11.1 Å². The summed E-state index contributed by atoms with van der Waals surface area (Å²) in [4.78, 5) is 4.32. The van der Waals surface area contributed by atoms with E-state index in [0.29, 0.717) is 12.8 Å². The maximum Gasteiger partial charge on any atom is 0.193 e. The topological polar surface area (TPSA) is 50.4 Å². The molecule has 0 aliphatic heterocycles. The SMILES string of the molecule is Cc1cc(C)cc(NC(N)=NCC2(c3c(F)cccc3F)CC2)c1. The first-order valence-electron chi connectivity index (χ1n) is 7.99. The molecule has 5 heteroatoms. The van der Waals surface area contributed by atoms with Gasteiger partial charge in [-0.1, -0.05) is 12.1 Å². The first kappa shape index (κ1) is 16.4. The highest BCUT2D eigenvalue weighted by Gasteiger charge is 2.47. The minimum atomic E-state index is -0.565. The van der Waals surface area contributed by atoms with Crippen LogP contribution in [0.3, 0.4) is 0 Å². The van der Waals surface area contributed by atoms with Crippen LogP contribution in [0.25, 0.3) is 0 Å². The summed E-state index contributed by atoms with van der Waals surface area (Å²) in [6, 6.07) is 9.97. The van der Waals surface area contributed by atoms with Crippen molar-refractivity contribution < 1.29 is 8.78 Å². The van der Waals surface area contributed by atoms with Crippen LogP contribution in [-0.4, -0.2) is 12.5 Å². The van der Waals surface area contributed by atoms with Gasteiger partial charge in [-0.15, -0.1) is 0 Å². The summed E-state index contributed by atoms with van der Waals surface area (Å²) in [5.74, 6) is -0.768. The van der Waals surface area contributed by atoms with Gasteiger partial charge in [0.25, 0.3) is 0 Å². The van der Waals surface area contributed by atoms with E-state index >= 15 is 0 Å². The summed E-state index contributed by atoms with van der Waals surface area (Å²) in [7, 11) is 0. The molecule has 1 saturated carbocycles. The maximum absolute atomic E-state index is 14.0. The Morgan fingerprint density at radius 1 is 1.12 bits per heavy atom. The van der Waals surface area contributed by atoms with E-state index in [4.69, 9.17) is 5.73 Å². The van der Waals surface area contributed by atoms with Crippen LogP contribution >= 0.6 is 0 Å². The highest BCUT2D eigenvalue weighted by molar-refractivity contribution is 5.92. The molecular weight excluding hydrogens is 308 g/mol. The number of halogens is 2. The third kappa shape index (κ3) is 3.40. The molecule has 1 aliphatic carbocycles. The van der Waals surface area contributed by atoms with Gasteiger partial charge in [0.2, 0.25) is 0 Å². The third-order valence-electron chi connectivity index (χ3n) is 4.39. The van der Waals surface area contributed by atoms with Gasteiger partial charge in [0.05, 0.1) is 6.54 Å². The zero-order chi connectivity index (χ0) is 17.3. The smallest absolute Gasteiger partial charge is 0.193 e. The summed E-state index contributed by atoms with van der Waals surface area (Å²) in [6.07, 6.45) is 1.43. The minimum absolute atomic E-state index is 0.132. The number of hydrogen-bond donors (Lipinski definition) is 2. The number of nitrogens with one attached hydrogen (secondary N) is 1. The second kappa shape index (κ2) is 6.23. The van der Waals surface area contributed by atoms with Crippen molar-refractivity contribution in [2.45, 2.75) is 32.1 Å². The largest absolute Gasteiger partial charge is 0.370 e. The summed E-state index contributed by atoms with van der Waals surface area (Å²) in [5, 5.41) is 3.04. The van der Waals surface area contributed by atoms with Gasteiger partial charge in [-0.2, -0.15) is 0 Å². The van der Waals surface area contributed by atoms with Crippen LogP contribution in [0.4, 0.5) is 14.5 Å². The molecule has 1 aliphatic rings. The van der Waals surface area contributed by atoms with Crippen LogP contribution in [0.5, 0.6) is 0 Å². The lowest BCUT2D eigenvalue weighted by Crippen LogP contribution is -2.25. The van der Waals surface area contributed by atoms with E-state index in [1.165, 1.54) is 18.2 Å². The van der Waals surface area contributed by atoms with Crippen molar-refractivity contribution in [1.29, 1.82) is 0 Å². The second-order valence-electron chi connectivity index (χ2n) is 6.58. The van der Waals surface area contributed by atoms with Crippen LogP contribution in [0, 0.1) is 25.5 Å². The van der Waals surface area contributed by atoms with E-state index in [1.807, 2.05) is 26.0 Å². The summed E-state index contributed by atoms with van der Waals surface area (Å²) in [5.41, 5.74) is 8.62. The Bertz CT molecular complexity index is 755. The number of aliphatic imine (C=N–C) groups is 1. The van der Waals surface area contributed by atoms with Gasteiger partial charge in [-0.05, 0) is 62.1 Å². The van der Waals surface area contributed by atoms with Crippen molar-refractivity contribution in [3.05, 3.63) is 64.7 Å². The standard InChI is InChI=1S/C19H21F2N3/c1-12-8-13(2)10-14(9-12)24-18(22)23-11-19(6-7-19)17-15(20)4-3-5-16(17)21/h3-5,8-10H,6-7,11H2,1-2H3,(H3,22,23,24). The molecule has 0 saturated heterocycles. The van der Waals surface area contributed by atoms with Gasteiger partial charge in [-0.3, -0.25) is 4.99 Å². The minimum Gasteiger partial charge on any atom is -0.370 e. The predicted molar refractivity (Wildman–Crippen MR) is 93.3 cm³/mol. The van der Waals surface area contributed by atoms with Gasteiger partial charge in [-0.25, -0.2) is 8.78 Å². The first-order valence-corrected chi connectivity index (χ1v) is 7.99. The summed E-state index contributed by atoms with van der Waals surface area (Å²) < 4.78 is 28.0. The van der Waals surface area contributed by atoms with Crippen molar-refractivity contribution in [3.63, 3.8) is 0 Å². The van der Waals surface area contributed by atoms with Gasteiger partial charge in [0, 0.05) is 16.7 Å². The Kier molecular flexibility index (Phi) is 4.26.